The Morgan fingerprint density at radius 3 is 2.04 bits per heavy atom. The van der Waals surface area contributed by atoms with Crippen LogP contribution in [-0.4, -0.2) is 23.7 Å². The molecule has 0 heterocycles. The van der Waals surface area contributed by atoms with Gasteiger partial charge >= 0.3 is 0 Å². The molecule has 0 atom stereocenters. The van der Waals surface area contributed by atoms with Gasteiger partial charge in [0.05, 0.1) is 0 Å². The van der Waals surface area contributed by atoms with Gasteiger partial charge in [0, 0.05) is 12.1 Å². The summed E-state index contributed by atoms with van der Waals surface area (Å²) >= 11 is 0. The van der Waals surface area contributed by atoms with Crippen molar-refractivity contribution in [3.8, 4) is 23.0 Å². The first-order valence-corrected chi connectivity index (χ1v) is 9.13. The van der Waals surface area contributed by atoms with Gasteiger partial charge in [0.2, 0.25) is 9.84 Å². The highest BCUT2D eigenvalue weighted by Crippen LogP contribution is 2.37. The van der Waals surface area contributed by atoms with Crippen LogP contribution < -0.4 is 4.74 Å². The monoisotopic (exact) mass is 372 g/mol. The summed E-state index contributed by atoms with van der Waals surface area (Å²) in [5.41, 5.74) is 0.826. The summed E-state index contributed by atoms with van der Waals surface area (Å²) in [4.78, 5) is -0.572. The third-order valence-corrected chi connectivity index (χ3v) is 5.53. The lowest BCUT2D eigenvalue weighted by atomic mass is 10.2. The van der Waals surface area contributed by atoms with Crippen molar-refractivity contribution < 1.29 is 28.5 Å². The standard InChI is InChI=1S/C19H16O6S/c20-14-6-8-18(16(22)10-14)26(23,24)19-9-7-15(21)11-17(19)25-12-13-4-2-1-3-5-13/h1-11,20-22H,12H2. The van der Waals surface area contributed by atoms with E-state index in [2.05, 4.69) is 0 Å². The van der Waals surface area contributed by atoms with Crippen LogP contribution in [0.1, 0.15) is 5.56 Å². The van der Waals surface area contributed by atoms with Crippen molar-refractivity contribution in [1.29, 1.82) is 0 Å². The number of sulfone groups is 1. The van der Waals surface area contributed by atoms with Gasteiger partial charge in [-0.25, -0.2) is 8.42 Å². The van der Waals surface area contributed by atoms with Crippen molar-refractivity contribution in [3.63, 3.8) is 0 Å². The molecule has 0 fully saturated rings. The second-order valence-corrected chi connectivity index (χ2v) is 7.45. The van der Waals surface area contributed by atoms with Gasteiger partial charge in [-0.05, 0) is 29.8 Å². The fourth-order valence-corrected chi connectivity index (χ4v) is 3.87. The topological polar surface area (TPSA) is 104 Å². The number of hydrogen-bond donors (Lipinski definition) is 3. The molecule has 0 spiro atoms. The minimum atomic E-state index is -4.14. The fraction of sp³-hybridized carbons (Fsp3) is 0.0526. The SMILES string of the molecule is O=S(=O)(c1ccc(O)cc1O)c1ccc(O)cc1OCc1ccccc1. The zero-order valence-electron chi connectivity index (χ0n) is 13.5. The minimum Gasteiger partial charge on any atom is -0.508 e. The quantitative estimate of drug-likeness (QED) is 0.635. The second kappa shape index (κ2) is 6.97. The van der Waals surface area contributed by atoms with Crippen LogP contribution in [0, 0.1) is 0 Å². The number of hydrogen-bond acceptors (Lipinski definition) is 6. The van der Waals surface area contributed by atoms with Gasteiger partial charge in [-0.1, -0.05) is 30.3 Å². The summed E-state index contributed by atoms with van der Waals surface area (Å²) in [5, 5.41) is 29.0. The van der Waals surface area contributed by atoms with E-state index in [-0.39, 0.29) is 33.6 Å². The van der Waals surface area contributed by atoms with Gasteiger partial charge in [0.25, 0.3) is 0 Å². The molecule has 3 rings (SSSR count). The van der Waals surface area contributed by atoms with Gasteiger partial charge in [-0.3, -0.25) is 0 Å². The van der Waals surface area contributed by atoms with E-state index in [1.54, 1.807) is 0 Å². The molecule has 0 unspecified atom stereocenters. The van der Waals surface area contributed by atoms with E-state index in [1.165, 1.54) is 18.2 Å². The number of benzene rings is 3. The Balaban J connectivity index is 2.01. The van der Waals surface area contributed by atoms with Crippen LogP contribution in [-0.2, 0) is 16.4 Å². The van der Waals surface area contributed by atoms with E-state index < -0.39 is 15.6 Å². The van der Waals surface area contributed by atoms with Crippen molar-refractivity contribution in [2.75, 3.05) is 0 Å². The molecule has 134 valence electrons. The number of rotatable bonds is 5. The highest BCUT2D eigenvalue weighted by molar-refractivity contribution is 7.91. The zero-order chi connectivity index (χ0) is 18.7. The number of ether oxygens (including phenoxy) is 1. The molecule has 0 radical (unpaired) electrons. The lowest BCUT2D eigenvalue weighted by Crippen LogP contribution is -2.06. The third kappa shape index (κ3) is 3.57. The predicted molar refractivity (Wildman–Crippen MR) is 94.1 cm³/mol. The largest absolute Gasteiger partial charge is 0.508 e. The molecule has 26 heavy (non-hydrogen) atoms. The maximum Gasteiger partial charge on any atom is 0.213 e. The maximum absolute atomic E-state index is 12.9. The highest BCUT2D eigenvalue weighted by atomic mass is 32.2. The fourth-order valence-electron chi connectivity index (χ4n) is 2.42. The van der Waals surface area contributed by atoms with E-state index in [9.17, 15) is 23.7 Å². The first-order valence-electron chi connectivity index (χ1n) is 7.65. The number of phenolic OH excluding ortho intramolecular Hbond substituents is 3. The van der Waals surface area contributed by atoms with Crippen molar-refractivity contribution in [1.82, 2.24) is 0 Å². The van der Waals surface area contributed by atoms with Crippen LogP contribution in [0.5, 0.6) is 23.0 Å². The van der Waals surface area contributed by atoms with E-state index in [0.717, 1.165) is 23.8 Å². The average molecular weight is 372 g/mol. The Hall–Kier alpha value is -3.19. The minimum absolute atomic E-state index is 0.0404. The predicted octanol–water partition coefficient (Wildman–Crippen LogP) is 3.22. The van der Waals surface area contributed by atoms with Gasteiger partial charge in [0.15, 0.2) is 0 Å². The van der Waals surface area contributed by atoms with Gasteiger partial charge < -0.3 is 20.1 Å². The van der Waals surface area contributed by atoms with E-state index in [4.69, 9.17) is 4.74 Å². The molecule has 3 aromatic carbocycles. The molecule has 0 saturated heterocycles. The van der Waals surface area contributed by atoms with Gasteiger partial charge in [0.1, 0.15) is 39.4 Å². The van der Waals surface area contributed by atoms with Gasteiger partial charge in [-0.2, -0.15) is 0 Å². The lowest BCUT2D eigenvalue weighted by Gasteiger charge is -2.13. The van der Waals surface area contributed by atoms with Crippen LogP contribution in [0.15, 0.2) is 76.5 Å². The first-order chi connectivity index (χ1) is 12.4. The van der Waals surface area contributed by atoms with E-state index >= 15 is 0 Å². The number of aromatic hydroxyl groups is 3. The van der Waals surface area contributed by atoms with Crippen LogP contribution in [0.4, 0.5) is 0 Å². The highest BCUT2D eigenvalue weighted by Gasteiger charge is 2.26. The lowest BCUT2D eigenvalue weighted by molar-refractivity contribution is 0.296. The zero-order valence-corrected chi connectivity index (χ0v) is 14.3. The molecule has 3 aromatic rings. The summed E-state index contributed by atoms with van der Waals surface area (Å²) in [5.74, 6) is -1.02. The molecular weight excluding hydrogens is 356 g/mol. The molecular formula is C19H16O6S. The van der Waals surface area contributed by atoms with E-state index in [1.807, 2.05) is 30.3 Å². The van der Waals surface area contributed by atoms with Gasteiger partial charge in [-0.15, -0.1) is 0 Å². The Morgan fingerprint density at radius 1 is 0.769 bits per heavy atom. The van der Waals surface area contributed by atoms with E-state index in [0.29, 0.717) is 0 Å². The summed E-state index contributed by atoms with van der Waals surface area (Å²) in [7, 11) is -4.14. The molecule has 6 nitrogen and oxygen atoms in total. The summed E-state index contributed by atoms with van der Waals surface area (Å²) in [6.07, 6.45) is 0. The van der Waals surface area contributed by atoms with Crippen LogP contribution >= 0.6 is 0 Å². The van der Waals surface area contributed by atoms with Crippen LogP contribution in [0.3, 0.4) is 0 Å². The molecule has 0 aliphatic heterocycles. The van der Waals surface area contributed by atoms with Crippen molar-refractivity contribution in [2.24, 2.45) is 0 Å². The van der Waals surface area contributed by atoms with Crippen LogP contribution in [0.2, 0.25) is 0 Å². The normalized spacial score (nSPS) is 11.2. The Kier molecular flexibility index (Phi) is 4.73. The first kappa shape index (κ1) is 17.6. The molecule has 0 amide bonds. The summed E-state index contributed by atoms with van der Waals surface area (Å²) in [6, 6.07) is 16.0. The third-order valence-electron chi connectivity index (χ3n) is 3.69. The maximum atomic E-state index is 12.9. The molecule has 7 heteroatoms. The Labute approximate surface area is 150 Å². The molecule has 0 aliphatic carbocycles. The second-order valence-electron chi connectivity index (χ2n) is 5.56. The van der Waals surface area contributed by atoms with Crippen molar-refractivity contribution in [2.45, 2.75) is 16.4 Å². The molecule has 0 saturated carbocycles. The molecule has 0 aliphatic rings. The Morgan fingerprint density at radius 2 is 1.38 bits per heavy atom. The van der Waals surface area contributed by atoms with Crippen molar-refractivity contribution >= 4 is 9.84 Å². The number of phenols is 3. The molecule has 0 bridgehead atoms. The molecule has 0 aromatic heterocycles. The van der Waals surface area contributed by atoms with Crippen molar-refractivity contribution in [3.05, 3.63) is 72.3 Å². The summed E-state index contributed by atoms with van der Waals surface area (Å²) in [6.45, 7) is 0.106. The Bertz CT molecular complexity index is 1030. The summed E-state index contributed by atoms with van der Waals surface area (Å²) < 4.78 is 31.4. The van der Waals surface area contributed by atoms with Crippen LogP contribution in [0.25, 0.3) is 0 Å². The molecule has 3 N–H and O–H groups in total. The smallest absolute Gasteiger partial charge is 0.213 e. The average Bonchev–Trinajstić information content (AvgIpc) is 2.60.